The van der Waals surface area contributed by atoms with Gasteiger partial charge >= 0.3 is 0 Å². The van der Waals surface area contributed by atoms with Gasteiger partial charge in [0.25, 0.3) is 5.91 Å². The topological polar surface area (TPSA) is 72.9 Å². The van der Waals surface area contributed by atoms with E-state index in [-0.39, 0.29) is 30.3 Å². The lowest BCUT2D eigenvalue weighted by Gasteiger charge is -2.36. The van der Waals surface area contributed by atoms with E-state index in [9.17, 15) is 14.7 Å². The second kappa shape index (κ2) is 7.77. The third-order valence-electron chi connectivity index (χ3n) is 4.31. The van der Waals surface area contributed by atoms with E-state index in [1.54, 1.807) is 9.80 Å². The van der Waals surface area contributed by atoms with Crippen LogP contribution in [-0.4, -0.2) is 71.6 Å². The molecule has 0 aliphatic carbocycles. The number of piperazine rings is 1. The van der Waals surface area contributed by atoms with Crippen molar-refractivity contribution in [3.05, 3.63) is 35.9 Å². The Balaban J connectivity index is 0.00000192. The smallest absolute Gasteiger partial charge is 0.253 e. The maximum Gasteiger partial charge on any atom is 0.253 e. The van der Waals surface area contributed by atoms with Crippen LogP contribution in [-0.2, 0) is 4.79 Å². The Labute approximate surface area is 141 Å². The highest BCUT2D eigenvalue weighted by molar-refractivity contribution is 5.94. The summed E-state index contributed by atoms with van der Waals surface area (Å²) in [6, 6.07) is 8.92. The molecule has 2 aliphatic heterocycles. The molecule has 2 amide bonds. The van der Waals surface area contributed by atoms with E-state index in [0.29, 0.717) is 44.7 Å². The van der Waals surface area contributed by atoms with E-state index in [2.05, 4.69) is 5.32 Å². The van der Waals surface area contributed by atoms with E-state index in [4.69, 9.17) is 0 Å². The molecule has 2 atom stereocenters. The van der Waals surface area contributed by atoms with Gasteiger partial charge in [-0.2, -0.15) is 0 Å². The lowest BCUT2D eigenvalue weighted by Crippen LogP contribution is -2.54. The highest BCUT2D eigenvalue weighted by atomic mass is 35.5. The largest absolute Gasteiger partial charge is 0.392 e. The van der Waals surface area contributed by atoms with Gasteiger partial charge in [-0.25, -0.2) is 0 Å². The Kier molecular flexibility index (Phi) is 5.98. The summed E-state index contributed by atoms with van der Waals surface area (Å²) in [5.41, 5.74) is 0.683. The average Bonchev–Trinajstić information content (AvgIpc) is 3.01. The van der Waals surface area contributed by atoms with Gasteiger partial charge in [-0.3, -0.25) is 9.59 Å². The number of amides is 2. The summed E-state index contributed by atoms with van der Waals surface area (Å²) < 4.78 is 0. The normalized spacial score (nSPS) is 24.2. The summed E-state index contributed by atoms with van der Waals surface area (Å²) in [6.45, 7) is 2.67. The summed E-state index contributed by atoms with van der Waals surface area (Å²) >= 11 is 0. The highest BCUT2D eigenvalue weighted by Crippen LogP contribution is 2.13. The Morgan fingerprint density at radius 1 is 1.04 bits per heavy atom. The molecule has 0 aromatic heterocycles. The molecule has 0 radical (unpaired) electrons. The Morgan fingerprint density at radius 3 is 2.22 bits per heavy atom. The quantitative estimate of drug-likeness (QED) is 0.802. The zero-order valence-corrected chi connectivity index (χ0v) is 13.7. The number of hydrogen-bond acceptors (Lipinski definition) is 4. The second-order valence-electron chi connectivity index (χ2n) is 5.83. The van der Waals surface area contributed by atoms with Crippen LogP contribution in [0.2, 0.25) is 0 Å². The molecule has 0 saturated carbocycles. The van der Waals surface area contributed by atoms with Gasteiger partial charge in [0.15, 0.2) is 0 Å². The Hall–Kier alpha value is -1.63. The second-order valence-corrected chi connectivity index (χ2v) is 5.83. The van der Waals surface area contributed by atoms with Gasteiger partial charge in [-0.15, -0.1) is 12.4 Å². The van der Waals surface area contributed by atoms with Gasteiger partial charge in [0, 0.05) is 38.3 Å². The van der Waals surface area contributed by atoms with Gasteiger partial charge in [0.1, 0.15) is 0 Å². The fourth-order valence-corrected chi connectivity index (χ4v) is 3.02. The van der Waals surface area contributed by atoms with Crippen LogP contribution in [0.4, 0.5) is 0 Å². The molecule has 2 unspecified atom stereocenters. The molecule has 2 fully saturated rings. The molecule has 126 valence electrons. The van der Waals surface area contributed by atoms with Crippen molar-refractivity contribution in [3.63, 3.8) is 0 Å². The number of benzene rings is 1. The van der Waals surface area contributed by atoms with Crippen molar-refractivity contribution < 1.29 is 14.7 Å². The molecule has 1 aromatic rings. The number of β-amino-alcohol motifs (C(OH)–C–C–N with tert-alkyl or cyclic N) is 1. The number of nitrogens with one attached hydrogen (secondary N) is 1. The minimum Gasteiger partial charge on any atom is -0.392 e. The fraction of sp³-hybridized carbons (Fsp3) is 0.500. The number of aliphatic hydroxyl groups is 1. The molecule has 0 spiro atoms. The van der Waals surface area contributed by atoms with Crippen molar-refractivity contribution in [1.82, 2.24) is 15.1 Å². The number of rotatable bonds is 2. The molecule has 2 saturated heterocycles. The fourth-order valence-electron chi connectivity index (χ4n) is 3.02. The van der Waals surface area contributed by atoms with Gasteiger partial charge < -0.3 is 20.2 Å². The zero-order chi connectivity index (χ0) is 15.5. The molecular formula is C16H22ClN3O3. The predicted molar refractivity (Wildman–Crippen MR) is 88.6 cm³/mol. The third kappa shape index (κ3) is 4.02. The lowest BCUT2D eigenvalue weighted by atomic mass is 10.1. The van der Waals surface area contributed by atoms with Crippen molar-refractivity contribution in [2.24, 2.45) is 0 Å². The molecule has 2 heterocycles. The van der Waals surface area contributed by atoms with Gasteiger partial charge in [0.2, 0.25) is 5.91 Å². The summed E-state index contributed by atoms with van der Waals surface area (Å²) in [5, 5.41) is 12.5. The van der Waals surface area contributed by atoms with E-state index >= 15 is 0 Å². The van der Waals surface area contributed by atoms with Gasteiger partial charge in [-0.1, -0.05) is 18.2 Å². The van der Waals surface area contributed by atoms with Crippen LogP contribution < -0.4 is 5.32 Å². The van der Waals surface area contributed by atoms with Crippen LogP contribution in [0.1, 0.15) is 16.8 Å². The number of aliphatic hydroxyl groups excluding tert-OH is 1. The number of hydrogen-bond donors (Lipinski definition) is 2. The van der Waals surface area contributed by atoms with Crippen molar-refractivity contribution in [2.45, 2.75) is 18.6 Å². The average molecular weight is 340 g/mol. The Morgan fingerprint density at radius 2 is 1.65 bits per heavy atom. The molecule has 1 aromatic carbocycles. The summed E-state index contributed by atoms with van der Waals surface area (Å²) in [6.07, 6.45) is 0.0389. The van der Waals surface area contributed by atoms with Crippen molar-refractivity contribution >= 4 is 24.2 Å². The minimum absolute atomic E-state index is 0. The van der Waals surface area contributed by atoms with Crippen LogP contribution in [0.25, 0.3) is 0 Å². The SMILES string of the molecule is Cl.O=C(c1ccccc1)N1CCN(C(=O)C2CC(O)CN2)CC1. The van der Waals surface area contributed by atoms with E-state index < -0.39 is 6.10 Å². The molecule has 0 bridgehead atoms. The molecule has 3 rings (SSSR count). The molecular weight excluding hydrogens is 318 g/mol. The first-order valence-corrected chi connectivity index (χ1v) is 7.69. The van der Waals surface area contributed by atoms with Crippen LogP contribution >= 0.6 is 12.4 Å². The number of carbonyl (C=O) groups excluding carboxylic acids is 2. The van der Waals surface area contributed by atoms with Crippen LogP contribution in [0.15, 0.2) is 30.3 Å². The van der Waals surface area contributed by atoms with E-state index in [1.165, 1.54) is 0 Å². The number of halogens is 1. The summed E-state index contributed by atoms with van der Waals surface area (Å²) in [4.78, 5) is 28.3. The molecule has 7 heteroatoms. The molecule has 23 heavy (non-hydrogen) atoms. The summed E-state index contributed by atoms with van der Waals surface area (Å²) in [5.74, 6) is 0.0467. The van der Waals surface area contributed by atoms with Crippen LogP contribution in [0.5, 0.6) is 0 Å². The molecule has 6 nitrogen and oxygen atoms in total. The van der Waals surface area contributed by atoms with Crippen LogP contribution in [0.3, 0.4) is 0 Å². The van der Waals surface area contributed by atoms with Crippen molar-refractivity contribution in [3.8, 4) is 0 Å². The standard InChI is InChI=1S/C16H21N3O3.ClH/c20-13-10-14(17-11-13)16(22)19-8-6-18(7-9-19)15(21)12-4-2-1-3-5-12;/h1-5,13-14,17,20H,6-11H2;1H. The first-order chi connectivity index (χ1) is 10.6. The lowest BCUT2D eigenvalue weighted by molar-refractivity contribution is -0.134. The third-order valence-corrected chi connectivity index (χ3v) is 4.31. The first kappa shape index (κ1) is 17.7. The Bertz CT molecular complexity index is 547. The van der Waals surface area contributed by atoms with E-state index in [0.717, 1.165) is 0 Å². The monoisotopic (exact) mass is 339 g/mol. The van der Waals surface area contributed by atoms with Crippen LogP contribution in [0, 0.1) is 0 Å². The summed E-state index contributed by atoms with van der Waals surface area (Å²) in [7, 11) is 0. The van der Waals surface area contributed by atoms with Gasteiger partial charge in [0.05, 0.1) is 12.1 Å². The van der Waals surface area contributed by atoms with E-state index in [1.807, 2.05) is 30.3 Å². The van der Waals surface area contributed by atoms with Crippen molar-refractivity contribution in [2.75, 3.05) is 32.7 Å². The maximum absolute atomic E-state index is 12.4. The highest BCUT2D eigenvalue weighted by Gasteiger charge is 2.33. The minimum atomic E-state index is -0.435. The molecule has 2 aliphatic rings. The number of nitrogens with zero attached hydrogens (tertiary/aromatic N) is 2. The van der Waals surface area contributed by atoms with Gasteiger partial charge in [-0.05, 0) is 18.6 Å². The van der Waals surface area contributed by atoms with Crippen molar-refractivity contribution in [1.29, 1.82) is 0 Å². The predicted octanol–water partition coefficient (Wildman–Crippen LogP) is 0.116. The first-order valence-electron chi connectivity index (χ1n) is 7.69. The zero-order valence-electron chi connectivity index (χ0n) is 12.9. The molecule has 2 N–H and O–H groups in total. The maximum atomic E-state index is 12.4. The number of carbonyl (C=O) groups is 2.